The molecule has 0 N–H and O–H groups in total. The Labute approximate surface area is 186 Å². The molecule has 2 rings (SSSR count). The van der Waals surface area contributed by atoms with Gasteiger partial charge >= 0.3 is 0 Å². The second kappa shape index (κ2) is 5.99. The van der Waals surface area contributed by atoms with Gasteiger partial charge in [0.05, 0.1) is 0 Å². The van der Waals surface area contributed by atoms with Crippen molar-refractivity contribution in [3.05, 3.63) is 0 Å². The molecule has 0 atom stereocenters. The molecule has 0 nitrogen and oxygen atoms in total. The zero-order valence-corrected chi connectivity index (χ0v) is 33.0. The van der Waals surface area contributed by atoms with E-state index in [1.54, 1.807) is 0 Å². The van der Waals surface area contributed by atoms with Gasteiger partial charge in [0.15, 0.2) is 0 Å². The largest absolute Gasteiger partial charge is 0.0721 e. The SMILES string of the molecule is C[Si](C)(C)[Si]1([Si](C)(C)C)[Si]2([Si](C)(C)C)[Si]([Si](C)(C)C)([Si](C)(C)C)[Si]12[Si](C)(C)C. The van der Waals surface area contributed by atoms with Crippen LogP contribution in [-0.2, 0) is 0 Å². The summed E-state index contributed by atoms with van der Waals surface area (Å²) in [6.07, 6.45) is -3.89. The third-order valence-electron chi connectivity index (χ3n) is 9.44. The van der Waals surface area contributed by atoms with Crippen molar-refractivity contribution >= 4 is 70.1 Å². The lowest BCUT2D eigenvalue weighted by atomic mass is 11.8. The highest BCUT2D eigenvalue weighted by Crippen LogP contribution is 2.86. The Morgan fingerprint density at radius 1 is 0.250 bits per heavy atom. The highest BCUT2D eigenvalue weighted by molar-refractivity contribution is 8.86. The Hall–Kier alpha value is 2.17. The molecule has 0 aliphatic carbocycles. The molecule has 0 bridgehead atoms. The Bertz CT molecular complexity index is 570. The summed E-state index contributed by atoms with van der Waals surface area (Å²) >= 11 is 0. The van der Waals surface area contributed by atoms with Crippen LogP contribution in [0.1, 0.15) is 0 Å². The monoisotopic (exact) mass is 550 g/mol. The molecule has 166 valence electrons. The van der Waals surface area contributed by atoms with Gasteiger partial charge in [-0.3, -0.25) is 0 Å². The maximum Gasteiger partial charge on any atom is 0.0298 e. The van der Waals surface area contributed by atoms with Crippen molar-refractivity contribution in [1.29, 1.82) is 0 Å². The van der Waals surface area contributed by atoms with Crippen LogP contribution >= 0.6 is 0 Å². The molecule has 2 saturated heterocycles. The molecule has 10 heteroatoms. The lowest BCUT2D eigenvalue weighted by Crippen LogP contribution is -2.96. The molecule has 0 saturated carbocycles. The van der Waals surface area contributed by atoms with Crippen LogP contribution in [0, 0.1) is 0 Å². The van der Waals surface area contributed by atoms with Crippen LogP contribution in [0.5, 0.6) is 0 Å². The molecule has 2 aliphatic rings. The van der Waals surface area contributed by atoms with Crippen molar-refractivity contribution in [1.82, 2.24) is 0 Å². The van der Waals surface area contributed by atoms with E-state index in [0.717, 1.165) is 0 Å². The summed E-state index contributed by atoms with van der Waals surface area (Å²) in [6.45, 7) is 53.2. The van der Waals surface area contributed by atoms with Crippen molar-refractivity contribution < 1.29 is 0 Å². The summed E-state index contributed by atoms with van der Waals surface area (Å²) in [4.78, 5) is 0. The molecule has 0 aromatic rings. The molecule has 0 aromatic heterocycles. The second-order valence-electron chi connectivity index (χ2n) is 16.5. The van der Waals surface area contributed by atoms with Gasteiger partial charge in [0.25, 0.3) is 0 Å². The summed E-state index contributed by atoms with van der Waals surface area (Å²) in [5.74, 6) is 0. The fraction of sp³-hybridized carbons (Fsp3) is 1.00. The van der Waals surface area contributed by atoms with Gasteiger partial charge in [-0.25, -0.2) is 0 Å². The van der Waals surface area contributed by atoms with Crippen molar-refractivity contribution in [2.45, 2.75) is 118 Å². The van der Waals surface area contributed by atoms with Gasteiger partial charge in [-0.2, -0.15) is 0 Å². The van der Waals surface area contributed by atoms with Crippen molar-refractivity contribution in [3.63, 3.8) is 0 Å². The van der Waals surface area contributed by atoms with Crippen LogP contribution in [-0.4, -0.2) is 70.1 Å². The molecule has 28 heavy (non-hydrogen) atoms. The smallest absolute Gasteiger partial charge is 0.0298 e. The Morgan fingerprint density at radius 2 is 0.393 bits per heavy atom. The molecule has 0 radical (unpaired) electrons. The van der Waals surface area contributed by atoms with Gasteiger partial charge in [-0.1, -0.05) is 118 Å². The van der Waals surface area contributed by atoms with E-state index in [1.165, 1.54) is 0 Å². The standard InChI is InChI=1S/C18H54Si10/c1-19(2,3)25(20(4,5)6)27(23(13,14)15)26(21(7,8)9,22(10,11)12)28(25,27)24(16,17)18/h1-18H3. The van der Waals surface area contributed by atoms with Gasteiger partial charge in [-0.15, -0.1) is 0 Å². The number of hydrogen-bond acceptors (Lipinski definition) is 0. The van der Waals surface area contributed by atoms with Crippen LogP contribution in [0.4, 0.5) is 0 Å². The normalized spacial score (nSPS) is 32.8. The van der Waals surface area contributed by atoms with E-state index in [2.05, 4.69) is 118 Å². The first-order valence-electron chi connectivity index (χ1n) is 11.8. The Kier molecular flexibility index (Phi) is 5.65. The molecule has 0 unspecified atom stereocenters. The second-order valence-corrected chi connectivity index (χ2v) is 148. The number of fused-ring (bicyclic) bond motifs is 1. The highest BCUT2D eigenvalue weighted by Gasteiger charge is 3.21. The fourth-order valence-electron chi connectivity index (χ4n) is 11.8. The van der Waals surface area contributed by atoms with Crippen molar-refractivity contribution in [3.8, 4) is 0 Å². The first-order chi connectivity index (χ1) is 11.8. The third kappa shape index (κ3) is 2.20. The van der Waals surface area contributed by atoms with E-state index >= 15 is 0 Å². The topological polar surface area (TPSA) is 0 Å². The first-order valence-corrected chi connectivity index (χ1v) is 51.8. The van der Waals surface area contributed by atoms with Crippen LogP contribution < -0.4 is 0 Å². The quantitative estimate of drug-likeness (QED) is 0.323. The summed E-state index contributed by atoms with van der Waals surface area (Å²) in [6, 6.07) is 0. The molecule has 0 amide bonds. The number of rotatable bonds is 6. The van der Waals surface area contributed by atoms with Gasteiger partial charge in [0, 0.05) is 70.1 Å². The zero-order valence-electron chi connectivity index (χ0n) is 23.0. The Morgan fingerprint density at radius 3 is 0.464 bits per heavy atom. The van der Waals surface area contributed by atoms with Crippen LogP contribution in [0.15, 0.2) is 0 Å². The molecular weight excluding hydrogens is 497 g/mol. The molecule has 0 aromatic carbocycles. The average Bonchev–Trinajstić information content (AvgIpc) is 2.99. The van der Waals surface area contributed by atoms with Crippen molar-refractivity contribution in [2.24, 2.45) is 0 Å². The minimum atomic E-state index is -1.07. The number of hydrogen-bond donors (Lipinski definition) is 0. The van der Waals surface area contributed by atoms with Gasteiger partial charge in [0.1, 0.15) is 0 Å². The van der Waals surface area contributed by atoms with E-state index in [4.69, 9.17) is 0 Å². The highest BCUT2D eigenvalue weighted by atomic mass is 31.1. The van der Waals surface area contributed by atoms with E-state index < -0.39 is 70.1 Å². The predicted molar refractivity (Wildman–Crippen MR) is 163 cm³/mol. The maximum atomic E-state index is 2.98. The van der Waals surface area contributed by atoms with E-state index in [0.29, 0.717) is 0 Å². The van der Waals surface area contributed by atoms with E-state index in [-0.39, 0.29) is 0 Å². The Balaban J connectivity index is 3.20. The minimum Gasteiger partial charge on any atom is -0.0721 e. The van der Waals surface area contributed by atoms with Crippen LogP contribution in [0.3, 0.4) is 0 Å². The lowest BCUT2D eigenvalue weighted by Gasteiger charge is -2.64. The molecule has 2 aliphatic heterocycles. The van der Waals surface area contributed by atoms with Crippen LogP contribution in [0.25, 0.3) is 0 Å². The van der Waals surface area contributed by atoms with Gasteiger partial charge in [0.2, 0.25) is 0 Å². The summed E-state index contributed by atoms with van der Waals surface area (Å²) < 4.78 is 0. The summed E-state index contributed by atoms with van der Waals surface area (Å²) in [5, 5.41) is 0. The van der Waals surface area contributed by atoms with Gasteiger partial charge in [-0.05, 0) is 0 Å². The summed E-state index contributed by atoms with van der Waals surface area (Å²) in [5.41, 5.74) is 0. The summed E-state index contributed by atoms with van der Waals surface area (Å²) in [7, 11) is -6.38. The minimum absolute atomic E-state index is 0.965. The predicted octanol–water partition coefficient (Wildman–Crippen LogP) is 6.70. The van der Waals surface area contributed by atoms with Crippen molar-refractivity contribution in [2.75, 3.05) is 0 Å². The van der Waals surface area contributed by atoms with E-state index in [1.807, 2.05) is 0 Å². The maximum absolute atomic E-state index is 2.98. The first kappa shape index (κ1) is 26.4. The zero-order chi connectivity index (χ0) is 23.0. The fourth-order valence-corrected chi connectivity index (χ4v) is 1080. The van der Waals surface area contributed by atoms with Crippen LogP contribution in [0.2, 0.25) is 118 Å². The third-order valence-corrected chi connectivity index (χ3v) is 386. The average molecular weight is 551 g/mol. The molecule has 2 fully saturated rings. The molecular formula is C18H54Si10. The molecule has 2 heterocycles. The van der Waals surface area contributed by atoms with E-state index in [9.17, 15) is 0 Å². The lowest BCUT2D eigenvalue weighted by molar-refractivity contribution is 1.78. The van der Waals surface area contributed by atoms with Gasteiger partial charge < -0.3 is 0 Å². The molecule has 0 spiro atoms.